The number of carbonyl (C=O) groups excluding carboxylic acids is 1. The van der Waals surface area contributed by atoms with Crippen LogP contribution in [0.1, 0.15) is 17.4 Å². The molecule has 2 aromatic rings. The van der Waals surface area contributed by atoms with Gasteiger partial charge in [-0.2, -0.15) is 0 Å². The maximum Gasteiger partial charge on any atom is 0.269 e. The van der Waals surface area contributed by atoms with Crippen molar-refractivity contribution in [3.05, 3.63) is 46.3 Å². The first kappa shape index (κ1) is 11.8. The summed E-state index contributed by atoms with van der Waals surface area (Å²) in [5.41, 5.74) is 0.774. The maximum absolute atomic E-state index is 11.0. The van der Waals surface area contributed by atoms with E-state index in [1.165, 1.54) is 37.4 Å². The highest BCUT2D eigenvalue weighted by molar-refractivity contribution is 5.91. The van der Waals surface area contributed by atoms with Crippen LogP contribution >= 0.6 is 0 Å². The van der Waals surface area contributed by atoms with E-state index < -0.39 is 4.92 Å². The van der Waals surface area contributed by atoms with Gasteiger partial charge in [-0.25, -0.2) is 4.98 Å². The van der Waals surface area contributed by atoms with Crippen molar-refractivity contribution in [3.8, 4) is 11.4 Å². The molecular weight excluding hydrogens is 236 g/mol. The molecule has 0 radical (unpaired) electrons. The van der Waals surface area contributed by atoms with Gasteiger partial charge in [-0.15, -0.1) is 10.2 Å². The molecule has 1 aromatic heterocycles. The van der Waals surface area contributed by atoms with Gasteiger partial charge in [-0.3, -0.25) is 14.9 Å². The number of hydrogen-bond acceptors (Lipinski definition) is 6. The van der Waals surface area contributed by atoms with Crippen LogP contribution in [0.4, 0.5) is 5.69 Å². The summed E-state index contributed by atoms with van der Waals surface area (Å²) in [5, 5.41) is 18.0. The minimum atomic E-state index is -0.484. The maximum atomic E-state index is 11.0. The zero-order valence-electron chi connectivity index (χ0n) is 9.40. The predicted octanol–water partition coefficient (Wildman–Crippen LogP) is 1.65. The van der Waals surface area contributed by atoms with Crippen LogP contribution in [0.5, 0.6) is 0 Å². The van der Waals surface area contributed by atoms with Gasteiger partial charge in [-0.05, 0) is 12.1 Å². The minimum Gasteiger partial charge on any atom is -0.293 e. The van der Waals surface area contributed by atoms with Crippen LogP contribution in [0.2, 0.25) is 0 Å². The van der Waals surface area contributed by atoms with Crippen molar-refractivity contribution in [1.82, 2.24) is 15.2 Å². The van der Waals surface area contributed by atoms with Gasteiger partial charge in [-0.1, -0.05) is 0 Å². The Bertz CT molecular complexity index is 537. The molecule has 0 saturated carbocycles. The van der Waals surface area contributed by atoms with E-state index >= 15 is 0 Å². The third kappa shape index (κ3) is 2.34. The van der Waals surface area contributed by atoms with Gasteiger partial charge in [0.2, 0.25) is 0 Å². The lowest BCUT2D eigenvalue weighted by molar-refractivity contribution is -0.384. The number of nitro benzene ring substituents is 1. The Morgan fingerprint density at radius 1 is 1.22 bits per heavy atom. The Hall–Kier alpha value is -2.70. The normalized spacial score (nSPS) is 10.1. The number of benzene rings is 1. The van der Waals surface area contributed by atoms with Gasteiger partial charge in [0.25, 0.3) is 5.69 Å². The minimum absolute atomic E-state index is 0.00735. The van der Waals surface area contributed by atoms with E-state index in [1.54, 1.807) is 0 Å². The van der Waals surface area contributed by atoms with Crippen LogP contribution in [-0.4, -0.2) is 25.9 Å². The van der Waals surface area contributed by atoms with E-state index in [4.69, 9.17) is 0 Å². The number of hydrogen-bond donors (Lipinski definition) is 0. The van der Waals surface area contributed by atoms with Gasteiger partial charge in [0.1, 0.15) is 5.69 Å². The highest BCUT2D eigenvalue weighted by Crippen LogP contribution is 2.18. The molecule has 0 saturated heterocycles. The molecule has 0 fully saturated rings. The molecule has 0 aliphatic rings. The van der Waals surface area contributed by atoms with E-state index in [9.17, 15) is 14.9 Å². The Morgan fingerprint density at radius 3 is 2.33 bits per heavy atom. The average Bonchev–Trinajstić information content (AvgIpc) is 2.39. The molecule has 18 heavy (non-hydrogen) atoms. The van der Waals surface area contributed by atoms with Gasteiger partial charge >= 0.3 is 0 Å². The molecule has 1 heterocycles. The summed E-state index contributed by atoms with van der Waals surface area (Å²) < 4.78 is 0. The molecule has 7 nitrogen and oxygen atoms in total. The zero-order chi connectivity index (χ0) is 13.1. The van der Waals surface area contributed by atoms with Crippen LogP contribution < -0.4 is 0 Å². The highest BCUT2D eigenvalue weighted by atomic mass is 16.6. The van der Waals surface area contributed by atoms with Gasteiger partial charge in [0, 0.05) is 24.6 Å². The summed E-state index contributed by atoms with van der Waals surface area (Å²) >= 11 is 0. The summed E-state index contributed by atoms with van der Waals surface area (Å²) in [6, 6.07) is 5.78. The van der Waals surface area contributed by atoms with Crippen molar-refractivity contribution in [2.24, 2.45) is 0 Å². The number of ketones is 1. The third-order valence-electron chi connectivity index (χ3n) is 2.26. The molecule has 0 aliphatic heterocycles. The standard InChI is InChI=1S/C11H8N4O3/c1-7(16)10-6-12-11(14-13-10)8-2-4-9(5-3-8)15(17)18/h2-6H,1H3. The fourth-order valence-electron chi connectivity index (χ4n) is 1.30. The average molecular weight is 244 g/mol. The molecule has 0 spiro atoms. The van der Waals surface area contributed by atoms with Crippen molar-refractivity contribution in [1.29, 1.82) is 0 Å². The largest absolute Gasteiger partial charge is 0.293 e. The van der Waals surface area contributed by atoms with Crippen LogP contribution in [-0.2, 0) is 0 Å². The van der Waals surface area contributed by atoms with Crippen molar-refractivity contribution in [2.45, 2.75) is 6.92 Å². The molecule has 90 valence electrons. The Kier molecular flexibility index (Phi) is 3.05. The monoisotopic (exact) mass is 244 g/mol. The quantitative estimate of drug-likeness (QED) is 0.462. The van der Waals surface area contributed by atoms with Crippen molar-refractivity contribution in [2.75, 3.05) is 0 Å². The lowest BCUT2D eigenvalue weighted by atomic mass is 10.2. The zero-order valence-corrected chi connectivity index (χ0v) is 9.40. The van der Waals surface area contributed by atoms with E-state index in [1.807, 2.05) is 0 Å². The highest BCUT2D eigenvalue weighted by Gasteiger charge is 2.08. The van der Waals surface area contributed by atoms with Crippen LogP contribution in [0.3, 0.4) is 0 Å². The second-order valence-corrected chi connectivity index (χ2v) is 3.53. The SMILES string of the molecule is CC(=O)c1cnc(-c2ccc([N+](=O)[O-])cc2)nn1. The van der Waals surface area contributed by atoms with Gasteiger partial charge in [0.05, 0.1) is 11.1 Å². The number of nitro groups is 1. The predicted molar refractivity (Wildman–Crippen MR) is 61.9 cm³/mol. The molecule has 0 amide bonds. The Labute approximate surface area is 102 Å². The van der Waals surface area contributed by atoms with Crippen molar-refractivity contribution < 1.29 is 9.72 Å². The van der Waals surface area contributed by atoms with E-state index in [0.29, 0.717) is 11.4 Å². The lowest BCUT2D eigenvalue weighted by Crippen LogP contribution is -2.01. The molecule has 0 unspecified atom stereocenters. The summed E-state index contributed by atoms with van der Waals surface area (Å²) in [4.78, 5) is 25.0. The number of carbonyl (C=O) groups is 1. The summed E-state index contributed by atoms with van der Waals surface area (Å²) in [5.74, 6) is 0.0974. The smallest absolute Gasteiger partial charge is 0.269 e. The number of Topliss-reactive ketones (excluding diaryl/α,β-unsaturated/α-hetero) is 1. The second-order valence-electron chi connectivity index (χ2n) is 3.53. The van der Waals surface area contributed by atoms with Gasteiger partial charge in [0.15, 0.2) is 11.6 Å². The first-order valence-corrected chi connectivity index (χ1v) is 5.03. The molecule has 0 atom stereocenters. The summed E-state index contributed by atoms with van der Waals surface area (Å²) in [6.07, 6.45) is 1.33. The van der Waals surface area contributed by atoms with E-state index in [-0.39, 0.29) is 17.2 Å². The Morgan fingerprint density at radius 2 is 1.89 bits per heavy atom. The third-order valence-corrected chi connectivity index (χ3v) is 2.26. The molecule has 2 rings (SSSR count). The fraction of sp³-hybridized carbons (Fsp3) is 0.0909. The molecule has 0 aliphatic carbocycles. The molecule has 7 heteroatoms. The number of non-ortho nitro benzene ring substituents is 1. The van der Waals surface area contributed by atoms with Crippen LogP contribution in [0.25, 0.3) is 11.4 Å². The first-order valence-electron chi connectivity index (χ1n) is 5.03. The van der Waals surface area contributed by atoms with E-state index in [0.717, 1.165) is 0 Å². The van der Waals surface area contributed by atoms with Crippen molar-refractivity contribution >= 4 is 11.5 Å². The second kappa shape index (κ2) is 4.66. The molecule has 0 bridgehead atoms. The lowest BCUT2D eigenvalue weighted by Gasteiger charge is -1.99. The van der Waals surface area contributed by atoms with Crippen molar-refractivity contribution in [3.63, 3.8) is 0 Å². The number of aromatic nitrogens is 3. The molecule has 1 aromatic carbocycles. The number of rotatable bonds is 3. The van der Waals surface area contributed by atoms with Crippen LogP contribution in [0, 0.1) is 10.1 Å². The molecular formula is C11H8N4O3. The summed E-state index contributed by atoms with van der Waals surface area (Å²) in [7, 11) is 0. The van der Waals surface area contributed by atoms with Crippen LogP contribution in [0.15, 0.2) is 30.5 Å². The number of nitrogens with zero attached hydrogens (tertiary/aromatic N) is 4. The fourth-order valence-corrected chi connectivity index (χ4v) is 1.30. The Balaban J connectivity index is 2.31. The topological polar surface area (TPSA) is 98.9 Å². The summed E-state index contributed by atoms with van der Waals surface area (Å²) in [6.45, 7) is 1.37. The van der Waals surface area contributed by atoms with E-state index in [2.05, 4.69) is 15.2 Å². The van der Waals surface area contributed by atoms with Gasteiger partial charge < -0.3 is 0 Å². The first-order chi connectivity index (χ1) is 8.58. The molecule has 0 N–H and O–H groups in total.